The summed E-state index contributed by atoms with van der Waals surface area (Å²) in [5.41, 5.74) is 1.25. The third-order valence-corrected chi connectivity index (χ3v) is 13.6. The van der Waals surface area contributed by atoms with Gasteiger partial charge in [0.1, 0.15) is 60.2 Å². The molecule has 0 bridgehead atoms. The van der Waals surface area contributed by atoms with E-state index in [0.29, 0.717) is 24.0 Å². The smallest absolute Gasteiger partial charge is 0.329 e. The summed E-state index contributed by atoms with van der Waals surface area (Å²) >= 11 is 0. The predicted octanol–water partition coefficient (Wildman–Crippen LogP) is 2.51. The molecule has 3 aliphatic heterocycles. The van der Waals surface area contributed by atoms with Crippen LogP contribution >= 0.6 is 0 Å². The number of hydrogen-bond acceptors (Lipinski definition) is 11. The number of amides is 8. The molecular weight excluding hydrogens is 925 g/mol. The number of carbonyl (C=O) groups is 9. The van der Waals surface area contributed by atoms with Crippen LogP contribution in [-0.2, 0) is 60.7 Å². The SMILES string of the molecule is CCC(=O)NC1C(=O)N[C@@H](Cc2ccccc2)C(=O)NC(CC(C)C)C(=O)N[C@@H](C(C)C)C(=O)N2CCC[C@H]2C(=O)NC(CC(C)C)C(=O)N(C)[C@@H](Cc2ccc(O)cc2)C(=O)N2CCC[C@H]2C(=O)O[C@@H]1C. The molecule has 3 fully saturated rings. The number of nitrogens with one attached hydrogen (secondary N) is 5. The van der Waals surface area contributed by atoms with Gasteiger partial charge in [-0.05, 0) is 86.5 Å². The van der Waals surface area contributed by atoms with Crippen molar-refractivity contribution in [1.82, 2.24) is 41.3 Å². The molecule has 0 spiro atoms. The van der Waals surface area contributed by atoms with E-state index in [2.05, 4.69) is 26.6 Å². The molecule has 72 heavy (non-hydrogen) atoms. The summed E-state index contributed by atoms with van der Waals surface area (Å²) in [4.78, 5) is 134. The van der Waals surface area contributed by atoms with Crippen molar-refractivity contribution >= 4 is 53.2 Å². The molecule has 0 saturated carbocycles. The number of phenols is 1. The quantitative estimate of drug-likeness (QED) is 0.179. The van der Waals surface area contributed by atoms with Crippen molar-refractivity contribution in [2.45, 2.75) is 168 Å². The number of esters is 1. The normalized spacial score (nSPS) is 26.8. The fourth-order valence-corrected chi connectivity index (χ4v) is 9.62. The first-order valence-corrected chi connectivity index (χ1v) is 25.5. The van der Waals surface area contributed by atoms with Gasteiger partial charge >= 0.3 is 5.97 Å². The van der Waals surface area contributed by atoms with Gasteiger partial charge in [-0.25, -0.2) is 4.79 Å². The summed E-state index contributed by atoms with van der Waals surface area (Å²) in [7, 11) is 1.46. The number of fused-ring (bicyclic) bond motifs is 2. The van der Waals surface area contributed by atoms with Crippen LogP contribution in [0.3, 0.4) is 0 Å². The third kappa shape index (κ3) is 14.8. The Labute approximate surface area is 423 Å². The van der Waals surface area contributed by atoms with Crippen LogP contribution in [0.4, 0.5) is 0 Å². The van der Waals surface area contributed by atoms with Crippen molar-refractivity contribution in [3.63, 3.8) is 0 Å². The summed E-state index contributed by atoms with van der Waals surface area (Å²) in [5, 5.41) is 24.1. The molecule has 3 heterocycles. The van der Waals surface area contributed by atoms with Crippen LogP contribution in [-0.4, -0.2) is 148 Å². The number of hydrogen-bond donors (Lipinski definition) is 6. The first-order chi connectivity index (χ1) is 34.1. The van der Waals surface area contributed by atoms with Crippen LogP contribution in [0.1, 0.15) is 111 Å². The van der Waals surface area contributed by atoms with Crippen molar-refractivity contribution in [1.29, 1.82) is 0 Å². The second kappa shape index (κ2) is 25.7. The molecule has 6 N–H and O–H groups in total. The number of rotatable bonds is 11. The lowest BCUT2D eigenvalue weighted by Crippen LogP contribution is -2.61. The van der Waals surface area contributed by atoms with Crippen molar-refractivity contribution in [2.24, 2.45) is 17.8 Å². The maximum Gasteiger partial charge on any atom is 0.329 e. The highest BCUT2D eigenvalue weighted by molar-refractivity contribution is 5.98. The maximum absolute atomic E-state index is 15.0. The molecule has 394 valence electrons. The number of phenolic OH excluding ortho intramolecular Hbond substituents is 1. The monoisotopic (exact) mass is 1000 g/mol. The Hall–Kier alpha value is -6.53. The van der Waals surface area contributed by atoms with Crippen LogP contribution in [0.25, 0.3) is 0 Å². The largest absolute Gasteiger partial charge is 0.508 e. The Morgan fingerprint density at radius 2 is 1.21 bits per heavy atom. The summed E-state index contributed by atoms with van der Waals surface area (Å²) < 4.78 is 5.96. The Morgan fingerprint density at radius 3 is 1.81 bits per heavy atom. The molecule has 5 rings (SSSR count). The van der Waals surface area contributed by atoms with E-state index in [1.807, 2.05) is 27.7 Å². The number of likely N-dealkylation sites (N-methyl/N-ethyl adjacent to an activating group) is 1. The van der Waals surface area contributed by atoms with Gasteiger partial charge in [-0.2, -0.15) is 0 Å². The Balaban J connectivity index is 1.61. The highest BCUT2D eigenvalue weighted by atomic mass is 16.5. The van der Waals surface area contributed by atoms with Gasteiger partial charge in [0.15, 0.2) is 0 Å². The van der Waals surface area contributed by atoms with E-state index < -0.39 is 114 Å². The Morgan fingerprint density at radius 1 is 0.667 bits per heavy atom. The molecule has 2 aromatic rings. The van der Waals surface area contributed by atoms with Crippen LogP contribution in [0, 0.1) is 17.8 Å². The number of aromatic hydroxyl groups is 1. The van der Waals surface area contributed by atoms with E-state index in [4.69, 9.17) is 4.74 Å². The van der Waals surface area contributed by atoms with Crippen LogP contribution in [0.15, 0.2) is 54.6 Å². The highest BCUT2D eigenvalue weighted by Gasteiger charge is 2.45. The lowest BCUT2D eigenvalue weighted by molar-refractivity contribution is -0.161. The zero-order chi connectivity index (χ0) is 53.0. The van der Waals surface area contributed by atoms with Crippen LogP contribution < -0.4 is 26.6 Å². The minimum Gasteiger partial charge on any atom is -0.508 e. The molecular formula is C53H76N8O11. The van der Waals surface area contributed by atoms with E-state index in [0.717, 1.165) is 0 Å². The first kappa shape index (κ1) is 56.4. The van der Waals surface area contributed by atoms with Gasteiger partial charge in [0.05, 0.1) is 0 Å². The van der Waals surface area contributed by atoms with Crippen molar-refractivity contribution in [3.05, 3.63) is 65.7 Å². The fraction of sp³-hybridized carbons (Fsp3) is 0.604. The van der Waals surface area contributed by atoms with Crippen molar-refractivity contribution in [3.8, 4) is 5.75 Å². The first-order valence-electron chi connectivity index (χ1n) is 25.5. The zero-order valence-electron chi connectivity index (χ0n) is 43.3. The minimum absolute atomic E-state index is 0.0103. The van der Waals surface area contributed by atoms with Gasteiger partial charge in [0, 0.05) is 39.4 Å². The standard InChI is InChI=1S/C53H76N8O11/c1-10-43(63)57-45-33(8)72-53(71)41-19-15-25-61(41)51(69)42(29-35-20-22-36(62)23-21-35)59(9)50(68)39(27-31(4)5)56-48(66)40-18-14-24-60(40)52(70)44(32(6)7)58-47(65)37(26-30(2)3)54-46(64)38(55-49(45)67)28-34-16-12-11-13-17-34/h11-13,16-17,20-23,30-33,37-42,44-45,62H,10,14-15,18-19,24-29H2,1-9H3,(H,54,64)(H,55,67)(H,56,66)(H,57,63)(H,58,65)/t33-,37?,38+,39?,40+,41+,42+,44+,45?/m1/s1. The number of carbonyl (C=O) groups excluding carboxylic acids is 9. The van der Waals surface area contributed by atoms with Gasteiger partial charge in [0.2, 0.25) is 47.3 Å². The Kier molecular flexibility index (Phi) is 20.1. The average molecular weight is 1000 g/mol. The number of cyclic esters (lactones) is 1. The molecule has 0 radical (unpaired) electrons. The molecule has 3 aliphatic rings. The lowest BCUT2D eigenvalue weighted by atomic mass is 9.98. The van der Waals surface area contributed by atoms with E-state index in [1.54, 1.807) is 63.2 Å². The summed E-state index contributed by atoms with van der Waals surface area (Å²) in [5.74, 6) is -6.64. The van der Waals surface area contributed by atoms with E-state index in [9.17, 15) is 48.3 Å². The molecule has 3 saturated heterocycles. The summed E-state index contributed by atoms with van der Waals surface area (Å²) in [6, 6.07) is 5.34. The second-order valence-corrected chi connectivity index (χ2v) is 20.6. The predicted molar refractivity (Wildman–Crippen MR) is 267 cm³/mol. The number of benzene rings is 2. The molecule has 0 aromatic heterocycles. The van der Waals surface area contributed by atoms with Crippen LogP contribution in [0.5, 0.6) is 5.75 Å². The van der Waals surface area contributed by atoms with Gasteiger partial charge in [0.25, 0.3) is 0 Å². The average Bonchev–Trinajstić information content (AvgIpc) is 4.04. The maximum atomic E-state index is 15.0. The zero-order valence-corrected chi connectivity index (χ0v) is 43.3. The van der Waals surface area contributed by atoms with Gasteiger partial charge in [-0.15, -0.1) is 0 Å². The molecule has 8 amide bonds. The summed E-state index contributed by atoms with van der Waals surface area (Å²) in [6.45, 7) is 14.3. The highest BCUT2D eigenvalue weighted by Crippen LogP contribution is 2.26. The third-order valence-electron chi connectivity index (χ3n) is 13.6. The molecule has 0 aliphatic carbocycles. The fourth-order valence-electron chi connectivity index (χ4n) is 9.62. The molecule has 2 aromatic carbocycles. The van der Waals surface area contributed by atoms with Gasteiger partial charge < -0.3 is 51.1 Å². The molecule has 19 nitrogen and oxygen atoms in total. The lowest BCUT2D eigenvalue weighted by Gasteiger charge is -2.36. The van der Waals surface area contributed by atoms with E-state index in [1.165, 1.54) is 40.8 Å². The van der Waals surface area contributed by atoms with E-state index in [-0.39, 0.29) is 75.6 Å². The summed E-state index contributed by atoms with van der Waals surface area (Å²) in [6.07, 6.45) is 0.208. The number of ether oxygens (including phenoxy) is 1. The molecule has 9 atom stereocenters. The van der Waals surface area contributed by atoms with Crippen LogP contribution in [0.2, 0.25) is 0 Å². The Bertz CT molecular complexity index is 2260. The van der Waals surface area contributed by atoms with Crippen molar-refractivity contribution in [2.75, 3.05) is 20.1 Å². The minimum atomic E-state index is -1.52. The number of nitrogens with zero attached hydrogens (tertiary/aromatic N) is 3. The molecule has 3 unspecified atom stereocenters. The van der Waals surface area contributed by atoms with Crippen molar-refractivity contribution < 1.29 is 53.0 Å². The topological polar surface area (TPSA) is 253 Å². The van der Waals surface area contributed by atoms with Gasteiger partial charge in [-0.1, -0.05) is 90.9 Å². The molecule has 19 heteroatoms. The van der Waals surface area contributed by atoms with E-state index >= 15 is 0 Å². The second-order valence-electron chi connectivity index (χ2n) is 20.6. The van der Waals surface area contributed by atoms with Gasteiger partial charge in [-0.3, -0.25) is 38.4 Å².